The summed E-state index contributed by atoms with van der Waals surface area (Å²) >= 11 is 5.44. The number of aromatic nitrogens is 4. The smallest absolute Gasteiger partial charge is 0.295 e. The van der Waals surface area contributed by atoms with E-state index in [0.717, 1.165) is 6.20 Å². The van der Waals surface area contributed by atoms with Gasteiger partial charge < -0.3 is 9.88 Å². The van der Waals surface area contributed by atoms with Gasteiger partial charge in [-0.05, 0) is 11.6 Å². The van der Waals surface area contributed by atoms with Crippen LogP contribution in [0.15, 0.2) is 17.1 Å². The molecule has 0 aliphatic rings. The Bertz CT molecular complexity index is 730. The highest BCUT2D eigenvalue weighted by atomic mass is 35.5. The fraction of sp³-hybridized carbons (Fsp3) is 0.200. The van der Waals surface area contributed by atoms with Gasteiger partial charge >= 0.3 is 0 Å². The van der Waals surface area contributed by atoms with Crippen LogP contribution in [0.4, 0.5) is 18.9 Å². The summed E-state index contributed by atoms with van der Waals surface area (Å²) in [6, 6.07) is 0.705. The molecule has 2 aromatic rings. The molecule has 0 saturated carbocycles. The topological polar surface area (TPSA) is 92.7 Å². The van der Waals surface area contributed by atoms with Crippen LogP contribution >= 0.6 is 11.6 Å². The first-order chi connectivity index (χ1) is 9.86. The van der Waals surface area contributed by atoms with Crippen LogP contribution in [0.3, 0.4) is 0 Å². The molecule has 0 radical (unpaired) electrons. The largest absolute Gasteiger partial charge is 0.318 e. The average molecular weight is 322 g/mol. The highest BCUT2D eigenvalue weighted by Crippen LogP contribution is 2.10. The fourth-order valence-corrected chi connectivity index (χ4v) is 1.60. The van der Waals surface area contributed by atoms with Gasteiger partial charge in [0, 0.05) is 12.3 Å². The minimum absolute atomic E-state index is 0.131. The number of anilines is 1. The lowest BCUT2D eigenvalue weighted by Gasteiger charge is -2.08. The third-order valence-corrected chi connectivity index (χ3v) is 2.47. The van der Waals surface area contributed by atoms with Gasteiger partial charge in [-0.1, -0.05) is 0 Å². The highest BCUT2D eigenvalue weighted by Gasteiger charge is 2.15. The Labute approximate surface area is 119 Å². The van der Waals surface area contributed by atoms with Crippen LogP contribution in [0.5, 0.6) is 0 Å². The Kier molecular flexibility index (Phi) is 4.26. The zero-order valence-corrected chi connectivity index (χ0v) is 10.9. The maximum Gasteiger partial charge on any atom is 0.295 e. The van der Waals surface area contributed by atoms with Crippen molar-refractivity contribution in [1.29, 1.82) is 0 Å². The van der Waals surface area contributed by atoms with Crippen LogP contribution in [0, 0.1) is 5.82 Å². The van der Waals surface area contributed by atoms with Crippen LogP contribution in [0.1, 0.15) is 10.6 Å². The third kappa shape index (κ3) is 3.60. The molecule has 11 heteroatoms. The van der Waals surface area contributed by atoms with Crippen LogP contribution < -0.4 is 10.9 Å². The second-order valence-electron chi connectivity index (χ2n) is 3.83. The molecule has 2 rings (SSSR count). The quantitative estimate of drug-likeness (QED) is 0.887. The van der Waals surface area contributed by atoms with Crippen LogP contribution in [-0.2, 0) is 6.54 Å². The van der Waals surface area contributed by atoms with E-state index >= 15 is 0 Å². The number of H-pyrrole nitrogens is 1. The number of hydrogen-bond acceptors (Lipinski definition) is 4. The molecular formula is C10H7ClF3N5O2. The van der Waals surface area contributed by atoms with Crippen molar-refractivity contribution in [3.05, 3.63) is 39.5 Å². The van der Waals surface area contributed by atoms with E-state index in [4.69, 9.17) is 11.6 Å². The minimum Gasteiger partial charge on any atom is -0.318 e. The molecule has 2 N–H and O–H groups in total. The predicted octanol–water partition coefficient (Wildman–Crippen LogP) is 1.28. The van der Waals surface area contributed by atoms with Gasteiger partial charge in [-0.25, -0.2) is 18.3 Å². The van der Waals surface area contributed by atoms with Gasteiger partial charge in [0.25, 0.3) is 17.9 Å². The van der Waals surface area contributed by atoms with E-state index in [0.29, 0.717) is 10.6 Å². The minimum atomic E-state index is -2.85. The molecule has 0 atom stereocenters. The first-order valence-corrected chi connectivity index (χ1v) is 5.82. The number of nitrogens with one attached hydrogen (secondary N) is 2. The van der Waals surface area contributed by atoms with E-state index < -0.39 is 30.3 Å². The van der Waals surface area contributed by atoms with Gasteiger partial charge in [0.1, 0.15) is 0 Å². The lowest BCUT2D eigenvalue weighted by atomic mass is 10.3. The van der Waals surface area contributed by atoms with Crippen molar-refractivity contribution in [2.45, 2.75) is 13.0 Å². The number of pyridine rings is 1. The molecule has 0 fully saturated rings. The number of carbonyl (C=O) groups excluding carboxylic acids is 1. The summed E-state index contributed by atoms with van der Waals surface area (Å²) in [5.74, 6) is -2.45. The Morgan fingerprint density at radius 2 is 2.24 bits per heavy atom. The van der Waals surface area contributed by atoms with Crippen molar-refractivity contribution in [3.63, 3.8) is 0 Å². The summed E-state index contributed by atoms with van der Waals surface area (Å²) in [5.41, 5.74) is -1.41. The number of rotatable bonds is 4. The number of halogens is 4. The van der Waals surface area contributed by atoms with Gasteiger partial charge in [-0.2, -0.15) is 4.98 Å². The molecule has 112 valence electrons. The molecule has 0 aliphatic carbocycles. The van der Waals surface area contributed by atoms with Crippen molar-refractivity contribution in [2.75, 3.05) is 5.32 Å². The van der Waals surface area contributed by atoms with Crippen molar-refractivity contribution >= 4 is 23.2 Å². The maximum absolute atomic E-state index is 13.4. The molecule has 0 saturated heterocycles. The van der Waals surface area contributed by atoms with Crippen molar-refractivity contribution in [1.82, 2.24) is 19.7 Å². The van der Waals surface area contributed by atoms with Crippen molar-refractivity contribution < 1.29 is 18.0 Å². The standard InChI is InChI=1S/C10H7ClF3N5O2/c11-10-16-7(17-18-10)8(20)15-4-1-5(12)9(21)19(2-4)3-6(13)14/h1-2,6H,3H2,(H,15,20)(H,16,17,18). The van der Waals surface area contributed by atoms with E-state index in [1.807, 2.05) is 0 Å². The van der Waals surface area contributed by atoms with Gasteiger partial charge in [-0.3, -0.25) is 9.59 Å². The lowest BCUT2D eigenvalue weighted by molar-refractivity contribution is 0.101. The summed E-state index contributed by atoms with van der Waals surface area (Å²) in [6.45, 7) is -0.994. The van der Waals surface area contributed by atoms with Gasteiger partial charge in [0.05, 0.1) is 12.2 Å². The maximum atomic E-state index is 13.4. The molecule has 0 unspecified atom stereocenters. The van der Waals surface area contributed by atoms with E-state index in [-0.39, 0.29) is 16.8 Å². The number of aromatic amines is 1. The van der Waals surface area contributed by atoms with Gasteiger partial charge in [0.2, 0.25) is 11.1 Å². The molecule has 2 heterocycles. The molecule has 7 nitrogen and oxygen atoms in total. The summed E-state index contributed by atoms with van der Waals surface area (Å²) in [6.07, 6.45) is -1.95. The van der Waals surface area contributed by atoms with Crippen LogP contribution in [0.2, 0.25) is 5.28 Å². The molecule has 2 aromatic heterocycles. The summed E-state index contributed by atoms with van der Waals surface area (Å²) in [5, 5.41) is 7.70. The molecule has 0 bridgehead atoms. The third-order valence-electron chi connectivity index (χ3n) is 2.30. The Hall–Kier alpha value is -2.36. The second kappa shape index (κ2) is 5.95. The number of hydrogen-bond donors (Lipinski definition) is 2. The summed E-state index contributed by atoms with van der Waals surface area (Å²) in [7, 11) is 0. The Balaban J connectivity index is 2.26. The van der Waals surface area contributed by atoms with Gasteiger partial charge in [-0.15, -0.1) is 5.10 Å². The molecule has 21 heavy (non-hydrogen) atoms. The van der Waals surface area contributed by atoms with Gasteiger partial charge in [0.15, 0.2) is 5.82 Å². The Morgan fingerprint density at radius 3 is 2.81 bits per heavy atom. The lowest BCUT2D eigenvalue weighted by Crippen LogP contribution is -2.26. The van der Waals surface area contributed by atoms with E-state index in [2.05, 4.69) is 20.5 Å². The number of nitrogens with zero attached hydrogens (tertiary/aromatic N) is 3. The van der Waals surface area contributed by atoms with E-state index in [1.165, 1.54) is 0 Å². The second-order valence-corrected chi connectivity index (χ2v) is 4.19. The van der Waals surface area contributed by atoms with E-state index in [1.54, 1.807) is 0 Å². The number of carbonyl (C=O) groups is 1. The molecule has 0 aromatic carbocycles. The summed E-state index contributed by atoms with van der Waals surface area (Å²) in [4.78, 5) is 26.5. The fourth-order valence-electron chi connectivity index (χ4n) is 1.48. The summed E-state index contributed by atoms with van der Waals surface area (Å²) < 4.78 is 38.4. The first kappa shape index (κ1) is 15.0. The SMILES string of the molecule is O=C(Nc1cc(F)c(=O)n(CC(F)F)c1)c1n[nH]c(Cl)n1. The highest BCUT2D eigenvalue weighted by molar-refractivity contribution is 6.28. The Morgan fingerprint density at radius 1 is 1.52 bits per heavy atom. The number of amides is 1. The first-order valence-electron chi connectivity index (χ1n) is 5.44. The predicted molar refractivity (Wildman–Crippen MR) is 66.0 cm³/mol. The monoisotopic (exact) mass is 321 g/mol. The normalized spacial score (nSPS) is 10.9. The average Bonchev–Trinajstić information content (AvgIpc) is 2.81. The molecular weight excluding hydrogens is 315 g/mol. The van der Waals surface area contributed by atoms with Crippen molar-refractivity contribution in [3.8, 4) is 0 Å². The zero-order valence-electron chi connectivity index (χ0n) is 10.1. The molecule has 1 amide bonds. The van der Waals surface area contributed by atoms with Crippen LogP contribution in [-0.4, -0.2) is 32.1 Å². The molecule has 0 spiro atoms. The number of alkyl halides is 2. The van der Waals surface area contributed by atoms with E-state index in [9.17, 15) is 22.8 Å². The van der Waals surface area contributed by atoms with Crippen LogP contribution in [0.25, 0.3) is 0 Å². The van der Waals surface area contributed by atoms with Crippen molar-refractivity contribution in [2.24, 2.45) is 0 Å². The molecule has 0 aliphatic heterocycles. The zero-order chi connectivity index (χ0) is 15.6.